The highest BCUT2D eigenvalue weighted by molar-refractivity contribution is 6.03. The first-order valence-corrected chi connectivity index (χ1v) is 2.76. The van der Waals surface area contributed by atoms with Gasteiger partial charge in [-0.05, 0) is 6.92 Å². The monoisotopic (exact) mass is 132 g/mol. The standard InChI is InChI=1S/C6H9FO2/c1-3-5(9)6(7)4(2)8/h6H,3H2,1-2H3. The summed E-state index contributed by atoms with van der Waals surface area (Å²) in [6, 6.07) is 0. The van der Waals surface area contributed by atoms with E-state index in [2.05, 4.69) is 0 Å². The average molecular weight is 132 g/mol. The quantitative estimate of drug-likeness (QED) is 0.534. The minimum absolute atomic E-state index is 0.0841. The highest BCUT2D eigenvalue weighted by Crippen LogP contribution is 1.96. The molecular weight excluding hydrogens is 123 g/mol. The predicted molar refractivity (Wildman–Crippen MR) is 30.9 cm³/mol. The number of Topliss-reactive ketones (excluding diaryl/α,β-unsaturated/α-hetero) is 2. The molecule has 0 spiro atoms. The van der Waals surface area contributed by atoms with Gasteiger partial charge >= 0.3 is 0 Å². The summed E-state index contributed by atoms with van der Waals surface area (Å²) in [6.07, 6.45) is -1.81. The summed E-state index contributed by atoms with van der Waals surface area (Å²) in [5, 5.41) is 0. The van der Waals surface area contributed by atoms with Crippen LogP contribution in [0.5, 0.6) is 0 Å². The van der Waals surface area contributed by atoms with E-state index in [9.17, 15) is 14.0 Å². The van der Waals surface area contributed by atoms with Crippen LogP contribution in [0.25, 0.3) is 0 Å². The fraction of sp³-hybridized carbons (Fsp3) is 0.667. The Morgan fingerprint density at radius 3 is 2.11 bits per heavy atom. The molecule has 2 nitrogen and oxygen atoms in total. The molecule has 0 aromatic heterocycles. The van der Waals surface area contributed by atoms with Gasteiger partial charge in [-0.25, -0.2) is 4.39 Å². The molecule has 0 fully saturated rings. The van der Waals surface area contributed by atoms with Crippen molar-refractivity contribution in [2.45, 2.75) is 26.4 Å². The Morgan fingerprint density at radius 2 is 2.00 bits per heavy atom. The molecule has 3 heteroatoms. The van der Waals surface area contributed by atoms with Gasteiger partial charge in [0.15, 0.2) is 11.6 Å². The van der Waals surface area contributed by atoms with Crippen LogP contribution in [0.2, 0.25) is 0 Å². The van der Waals surface area contributed by atoms with Crippen molar-refractivity contribution in [3.8, 4) is 0 Å². The zero-order valence-corrected chi connectivity index (χ0v) is 5.48. The summed E-state index contributed by atoms with van der Waals surface area (Å²) in [5.41, 5.74) is 0. The van der Waals surface area contributed by atoms with Crippen LogP contribution in [0.15, 0.2) is 0 Å². The Kier molecular flexibility index (Phi) is 3.06. The van der Waals surface area contributed by atoms with Crippen LogP contribution >= 0.6 is 0 Å². The molecule has 9 heavy (non-hydrogen) atoms. The number of rotatable bonds is 3. The van der Waals surface area contributed by atoms with Gasteiger partial charge in [-0.1, -0.05) is 6.92 Å². The molecule has 0 radical (unpaired) electrons. The number of carbonyl (C=O) groups is 2. The first kappa shape index (κ1) is 8.27. The topological polar surface area (TPSA) is 34.1 Å². The Balaban J connectivity index is 3.88. The van der Waals surface area contributed by atoms with Gasteiger partial charge in [0, 0.05) is 6.42 Å². The lowest BCUT2D eigenvalue weighted by molar-refractivity contribution is -0.132. The molecule has 0 amide bonds. The lowest BCUT2D eigenvalue weighted by Crippen LogP contribution is -2.22. The molecule has 0 aromatic rings. The molecule has 1 atom stereocenters. The van der Waals surface area contributed by atoms with Crippen molar-refractivity contribution in [2.75, 3.05) is 0 Å². The summed E-state index contributed by atoms with van der Waals surface area (Å²) < 4.78 is 12.2. The lowest BCUT2D eigenvalue weighted by atomic mass is 10.1. The van der Waals surface area contributed by atoms with Crippen molar-refractivity contribution in [2.24, 2.45) is 0 Å². The maximum Gasteiger partial charge on any atom is 0.215 e. The molecule has 0 aliphatic rings. The first-order chi connectivity index (χ1) is 4.09. The molecule has 0 heterocycles. The van der Waals surface area contributed by atoms with Crippen LogP contribution < -0.4 is 0 Å². The summed E-state index contributed by atoms with van der Waals surface area (Å²) >= 11 is 0. The fourth-order valence-electron chi connectivity index (χ4n) is 0.406. The van der Waals surface area contributed by atoms with Gasteiger partial charge in [0.1, 0.15) is 0 Å². The van der Waals surface area contributed by atoms with Gasteiger partial charge in [0.25, 0.3) is 0 Å². The molecule has 0 aliphatic carbocycles. The SMILES string of the molecule is CCC(=O)C(F)C(C)=O. The molecule has 52 valence electrons. The highest BCUT2D eigenvalue weighted by atomic mass is 19.1. The minimum atomic E-state index is -1.89. The average Bonchev–Trinajstić information content (AvgIpc) is 1.84. The van der Waals surface area contributed by atoms with Crippen LogP contribution in [-0.4, -0.2) is 17.7 Å². The second kappa shape index (κ2) is 3.33. The fourth-order valence-corrected chi connectivity index (χ4v) is 0.406. The van der Waals surface area contributed by atoms with Crippen molar-refractivity contribution in [3.05, 3.63) is 0 Å². The van der Waals surface area contributed by atoms with Gasteiger partial charge in [-0.3, -0.25) is 9.59 Å². The van der Waals surface area contributed by atoms with E-state index in [0.29, 0.717) is 0 Å². The van der Waals surface area contributed by atoms with Crippen LogP contribution in [-0.2, 0) is 9.59 Å². The summed E-state index contributed by atoms with van der Waals surface area (Å²) in [6.45, 7) is 2.59. The number of hydrogen-bond acceptors (Lipinski definition) is 2. The number of carbonyl (C=O) groups excluding carboxylic acids is 2. The number of halogens is 1. The first-order valence-electron chi connectivity index (χ1n) is 2.76. The van der Waals surface area contributed by atoms with Crippen molar-refractivity contribution < 1.29 is 14.0 Å². The smallest absolute Gasteiger partial charge is 0.215 e. The van der Waals surface area contributed by atoms with Crippen LogP contribution in [0.3, 0.4) is 0 Å². The highest BCUT2D eigenvalue weighted by Gasteiger charge is 2.19. The largest absolute Gasteiger partial charge is 0.296 e. The maximum absolute atomic E-state index is 12.2. The van der Waals surface area contributed by atoms with E-state index < -0.39 is 17.7 Å². The maximum atomic E-state index is 12.2. The van der Waals surface area contributed by atoms with Crippen molar-refractivity contribution in [3.63, 3.8) is 0 Å². The van der Waals surface area contributed by atoms with Gasteiger partial charge in [-0.15, -0.1) is 0 Å². The lowest BCUT2D eigenvalue weighted by Gasteiger charge is -1.97. The molecule has 0 saturated carbocycles. The van der Waals surface area contributed by atoms with E-state index >= 15 is 0 Å². The number of alkyl halides is 1. The van der Waals surface area contributed by atoms with E-state index in [-0.39, 0.29) is 6.42 Å². The van der Waals surface area contributed by atoms with E-state index in [1.807, 2.05) is 0 Å². The molecule has 0 N–H and O–H groups in total. The molecule has 0 aliphatic heterocycles. The molecule has 0 bridgehead atoms. The Bertz CT molecular complexity index is 131. The molecular formula is C6H9FO2. The summed E-state index contributed by atoms with van der Waals surface area (Å²) in [4.78, 5) is 20.5. The second-order valence-electron chi connectivity index (χ2n) is 1.79. The normalized spacial score (nSPS) is 12.8. The Hall–Kier alpha value is -0.730. The van der Waals surface area contributed by atoms with Crippen LogP contribution in [0, 0.1) is 0 Å². The van der Waals surface area contributed by atoms with Gasteiger partial charge in [0.05, 0.1) is 0 Å². The Labute approximate surface area is 53.1 Å². The molecule has 0 rings (SSSR count). The summed E-state index contributed by atoms with van der Waals surface area (Å²) in [5.74, 6) is -1.34. The second-order valence-corrected chi connectivity index (χ2v) is 1.79. The number of hydrogen-bond donors (Lipinski definition) is 0. The van der Waals surface area contributed by atoms with Gasteiger partial charge in [0.2, 0.25) is 6.17 Å². The van der Waals surface area contributed by atoms with Crippen molar-refractivity contribution >= 4 is 11.6 Å². The third-order valence-corrected chi connectivity index (χ3v) is 0.988. The van der Waals surface area contributed by atoms with Crippen molar-refractivity contribution in [1.82, 2.24) is 0 Å². The number of ketones is 2. The predicted octanol–water partition coefficient (Wildman–Crippen LogP) is 0.893. The van der Waals surface area contributed by atoms with E-state index in [1.54, 1.807) is 0 Å². The van der Waals surface area contributed by atoms with Gasteiger partial charge < -0.3 is 0 Å². The zero-order chi connectivity index (χ0) is 7.44. The Morgan fingerprint density at radius 1 is 1.56 bits per heavy atom. The van der Waals surface area contributed by atoms with Crippen LogP contribution in [0.4, 0.5) is 4.39 Å². The third kappa shape index (κ3) is 2.35. The molecule has 0 saturated heterocycles. The van der Waals surface area contributed by atoms with Crippen LogP contribution in [0.1, 0.15) is 20.3 Å². The van der Waals surface area contributed by atoms with Crippen molar-refractivity contribution in [1.29, 1.82) is 0 Å². The minimum Gasteiger partial charge on any atom is -0.296 e. The van der Waals surface area contributed by atoms with E-state index in [4.69, 9.17) is 0 Å². The van der Waals surface area contributed by atoms with E-state index in [1.165, 1.54) is 6.92 Å². The molecule has 1 unspecified atom stereocenters. The third-order valence-electron chi connectivity index (χ3n) is 0.988. The summed E-state index contributed by atoms with van der Waals surface area (Å²) in [7, 11) is 0. The zero-order valence-electron chi connectivity index (χ0n) is 5.48. The van der Waals surface area contributed by atoms with Gasteiger partial charge in [-0.2, -0.15) is 0 Å². The molecule has 0 aromatic carbocycles. The van der Waals surface area contributed by atoms with E-state index in [0.717, 1.165) is 6.92 Å².